The summed E-state index contributed by atoms with van der Waals surface area (Å²) in [4.78, 5) is 12.3. The zero-order valence-electron chi connectivity index (χ0n) is 17.9. The Morgan fingerprint density at radius 1 is 0.500 bits per heavy atom. The zero-order chi connectivity index (χ0) is 23.1. The van der Waals surface area contributed by atoms with Gasteiger partial charge in [0.1, 0.15) is 11.6 Å². The molecule has 0 radical (unpaired) electrons. The van der Waals surface area contributed by atoms with Gasteiger partial charge >= 0.3 is 0 Å². The summed E-state index contributed by atoms with van der Waals surface area (Å²) < 4.78 is 27.5. The molecule has 4 aromatic rings. The van der Waals surface area contributed by atoms with Gasteiger partial charge in [-0.1, -0.05) is 48.5 Å². The third kappa shape index (κ3) is 3.97. The molecule has 34 heavy (non-hydrogen) atoms. The van der Waals surface area contributed by atoms with Crippen LogP contribution >= 0.6 is 23.5 Å². The van der Waals surface area contributed by atoms with E-state index in [4.69, 9.17) is 9.98 Å². The van der Waals surface area contributed by atoms with Crippen molar-refractivity contribution in [2.24, 2.45) is 9.98 Å². The normalized spacial score (nSPS) is 19.0. The predicted molar refractivity (Wildman–Crippen MR) is 137 cm³/mol. The number of aliphatic imine (C=N–C) groups is 2. The van der Waals surface area contributed by atoms with Crippen LogP contribution in [0.5, 0.6) is 0 Å². The number of fused-ring (bicyclic) bond motifs is 2. The molecule has 6 heteroatoms. The minimum atomic E-state index is -0.278. The quantitative estimate of drug-likeness (QED) is 0.296. The van der Waals surface area contributed by atoms with Crippen molar-refractivity contribution in [3.8, 4) is 0 Å². The molecule has 0 aliphatic carbocycles. The summed E-state index contributed by atoms with van der Waals surface area (Å²) in [6, 6.07) is 29.1. The summed E-state index contributed by atoms with van der Waals surface area (Å²) in [6.45, 7) is 0. The maximum absolute atomic E-state index is 13.7. The lowest BCUT2D eigenvalue weighted by atomic mass is 9.98. The van der Waals surface area contributed by atoms with Crippen molar-refractivity contribution in [3.05, 3.63) is 120 Å². The topological polar surface area (TPSA) is 24.7 Å². The van der Waals surface area contributed by atoms with E-state index in [2.05, 4.69) is 12.1 Å². The average Bonchev–Trinajstić information content (AvgIpc) is 2.88. The monoisotopic (exact) mass is 484 g/mol. The third-order valence-corrected chi connectivity index (χ3v) is 8.68. The Morgan fingerprint density at radius 2 is 0.882 bits per heavy atom. The molecule has 2 heterocycles. The zero-order valence-corrected chi connectivity index (χ0v) is 19.5. The van der Waals surface area contributed by atoms with Crippen LogP contribution in [0.25, 0.3) is 0 Å². The summed E-state index contributed by atoms with van der Waals surface area (Å²) in [5, 5.41) is -0.162. The Morgan fingerprint density at radius 3 is 1.29 bits per heavy atom. The maximum atomic E-state index is 13.7. The molecule has 0 spiro atoms. The first-order valence-corrected chi connectivity index (χ1v) is 12.6. The van der Waals surface area contributed by atoms with E-state index in [0.29, 0.717) is 0 Å². The summed E-state index contributed by atoms with van der Waals surface area (Å²) >= 11 is 3.49. The second-order valence-corrected chi connectivity index (χ2v) is 10.4. The summed E-state index contributed by atoms with van der Waals surface area (Å²) in [5.41, 5.74) is 5.34. The van der Waals surface area contributed by atoms with Crippen molar-refractivity contribution in [1.29, 1.82) is 0 Å². The van der Waals surface area contributed by atoms with E-state index < -0.39 is 0 Å². The van der Waals surface area contributed by atoms with Gasteiger partial charge in [0.15, 0.2) is 0 Å². The Hall–Kier alpha value is -3.22. The summed E-state index contributed by atoms with van der Waals surface area (Å²) in [5.74, 6) is -0.557. The van der Waals surface area contributed by atoms with Crippen LogP contribution in [-0.2, 0) is 0 Å². The smallest absolute Gasteiger partial charge is 0.123 e. The van der Waals surface area contributed by atoms with Crippen molar-refractivity contribution in [1.82, 2.24) is 0 Å². The second-order valence-electron chi connectivity index (χ2n) is 8.02. The molecule has 2 atom stereocenters. The van der Waals surface area contributed by atoms with E-state index in [1.807, 2.05) is 36.4 Å². The lowest BCUT2D eigenvalue weighted by molar-refractivity contribution is 0.627. The van der Waals surface area contributed by atoms with Gasteiger partial charge in [-0.15, -0.1) is 23.5 Å². The number of thioether (sulfide) groups is 2. The number of hydrogen-bond acceptors (Lipinski definition) is 4. The molecular formula is C28H18F2N2S2. The highest BCUT2D eigenvalue weighted by Crippen LogP contribution is 2.48. The van der Waals surface area contributed by atoms with Crippen LogP contribution in [0.2, 0.25) is 0 Å². The molecule has 166 valence electrons. The number of para-hydroxylation sites is 2. The molecule has 2 aliphatic heterocycles. The van der Waals surface area contributed by atoms with Crippen LogP contribution in [0.4, 0.5) is 20.2 Å². The largest absolute Gasteiger partial charge is 0.250 e. The van der Waals surface area contributed by atoms with Crippen LogP contribution in [0.3, 0.4) is 0 Å². The van der Waals surface area contributed by atoms with Crippen LogP contribution in [0.15, 0.2) is 117 Å². The maximum Gasteiger partial charge on any atom is 0.123 e. The first-order chi connectivity index (χ1) is 16.7. The number of rotatable bonds is 3. The lowest BCUT2D eigenvalue weighted by Gasteiger charge is -2.34. The van der Waals surface area contributed by atoms with Gasteiger partial charge in [0, 0.05) is 9.79 Å². The molecule has 0 N–H and O–H groups in total. The molecule has 2 nitrogen and oxygen atoms in total. The predicted octanol–water partition coefficient (Wildman–Crippen LogP) is 7.86. The molecule has 0 saturated heterocycles. The van der Waals surface area contributed by atoms with E-state index in [0.717, 1.165) is 43.7 Å². The molecule has 0 saturated carbocycles. The molecule has 0 aromatic heterocycles. The summed E-state index contributed by atoms with van der Waals surface area (Å²) in [7, 11) is 0. The highest BCUT2D eigenvalue weighted by atomic mass is 32.2. The van der Waals surface area contributed by atoms with E-state index >= 15 is 0 Å². The van der Waals surface area contributed by atoms with Gasteiger partial charge in [-0.05, 0) is 59.7 Å². The van der Waals surface area contributed by atoms with E-state index in [1.54, 1.807) is 47.8 Å². The number of hydrogen-bond donors (Lipinski definition) is 0. The highest BCUT2D eigenvalue weighted by molar-refractivity contribution is 8.05. The lowest BCUT2D eigenvalue weighted by Crippen LogP contribution is -2.38. The van der Waals surface area contributed by atoms with Crippen molar-refractivity contribution in [3.63, 3.8) is 0 Å². The van der Waals surface area contributed by atoms with Gasteiger partial charge in [0.25, 0.3) is 0 Å². The van der Waals surface area contributed by atoms with E-state index in [1.165, 1.54) is 24.3 Å². The van der Waals surface area contributed by atoms with Crippen molar-refractivity contribution in [2.45, 2.75) is 20.3 Å². The fourth-order valence-electron chi connectivity index (χ4n) is 4.18. The standard InChI is InChI=1S/C28H18F2N2S2/c29-19-13-9-17(10-14-19)25-27(33-23-7-3-1-5-21(23)31-25)28-26(18-11-15-20(30)16-12-18)32-22-6-2-4-8-24(22)34-28/h1-16,27-28H. The third-order valence-electron chi connectivity index (χ3n) is 5.81. The van der Waals surface area contributed by atoms with Gasteiger partial charge in [-0.3, -0.25) is 9.98 Å². The molecule has 4 aromatic carbocycles. The fraction of sp³-hybridized carbons (Fsp3) is 0.0714. The fourth-order valence-corrected chi connectivity index (χ4v) is 6.95. The second kappa shape index (κ2) is 8.85. The first kappa shape index (κ1) is 21.3. The van der Waals surface area contributed by atoms with Crippen molar-refractivity contribution >= 4 is 46.3 Å². The van der Waals surface area contributed by atoms with Gasteiger partial charge < -0.3 is 0 Å². The Balaban J connectivity index is 1.51. The van der Waals surface area contributed by atoms with Crippen LogP contribution in [-0.4, -0.2) is 21.9 Å². The average molecular weight is 485 g/mol. The van der Waals surface area contributed by atoms with Gasteiger partial charge in [-0.25, -0.2) is 8.78 Å². The number of benzene rings is 4. The number of nitrogens with zero attached hydrogens (tertiary/aromatic N) is 2. The van der Waals surface area contributed by atoms with Gasteiger partial charge in [0.05, 0.1) is 33.3 Å². The minimum absolute atomic E-state index is 0.0810. The molecule has 0 fully saturated rings. The molecule has 0 bridgehead atoms. The Kier molecular flexibility index (Phi) is 5.55. The van der Waals surface area contributed by atoms with Crippen LogP contribution in [0, 0.1) is 11.6 Å². The first-order valence-electron chi connectivity index (χ1n) is 10.9. The SMILES string of the molecule is Fc1ccc(C2=Nc3ccccc3SC2C2Sc3ccccc3N=C2c2ccc(F)cc2)cc1. The molecule has 2 aliphatic rings. The highest BCUT2D eigenvalue weighted by Gasteiger charge is 2.38. The summed E-state index contributed by atoms with van der Waals surface area (Å²) in [6.07, 6.45) is 0. The Labute approximate surface area is 204 Å². The minimum Gasteiger partial charge on any atom is -0.250 e. The molecular weight excluding hydrogens is 466 g/mol. The van der Waals surface area contributed by atoms with E-state index in [-0.39, 0.29) is 22.1 Å². The molecule has 2 unspecified atom stereocenters. The van der Waals surface area contributed by atoms with Gasteiger partial charge in [-0.2, -0.15) is 0 Å². The molecule has 6 rings (SSSR count). The van der Waals surface area contributed by atoms with Crippen LogP contribution in [0.1, 0.15) is 11.1 Å². The number of halogens is 2. The Bertz CT molecular complexity index is 1320. The van der Waals surface area contributed by atoms with Crippen molar-refractivity contribution in [2.75, 3.05) is 0 Å². The molecule has 0 amide bonds. The van der Waals surface area contributed by atoms with Gasteiger partial charge in [0.2, 0.25) is 0 Å². The van der Waals surface area contributed by atoms with Crippen LogP contribution < -0.4 is 0 Å². The van der Waals surface area contributed by atoms with E-state index in [9.17, 15) is 8.78 Å². The van der Waals surface area contributed by atoms with Crippen molar-refractivity contribution < 1.29 is 8.78 Å².